The Morgan fingerprint density at radius 3 is 2.08 bits per heavy atom. The average Bonchev–Trinajstić information content (AvgIpc) is 2.64. The molecule has 1 unspecified atom stereocenters. The van der Waals surface area contributed by atoms with Crippen molar-refractivity contribution >= 4 is 44.7 Å². The van der Waals surface area contributed by atoms with Crippen molar-refractivity contribution in [2.24, 2.45) is 11.7 Å². The van der Waals surface area contributed by atoms with Gasteiger partial charge in [0.1, 0.15) is 0 Å². The Kier molecular flexibility index (Phi) is 4.88. The molecule has 0 spiro atoms. The smallest absolute Gasteiger partial charge is 0.0758 e. The summed E-state index contributed by atoms with van der Waals surface area (Å²) in [6.07, 6.45) is 0.384. The lowest BCUT2D eigenvalue weighted by Gasteiger charge is -2.26. The summed E-state index contributed by atoms with van der Waals surface area (Å²) < 4.78 is 0. The Morgan fingerprint density at radius 2 is 1.44 bits per heavy atom. The van der Waals surface area contributed by atoms with E-state index in [4.69, 9.17) is 5.73 Å². The van der Waals surface area contributed by atoms with Crippen molar-refractivity contribution in [2.75, 3.05) is 0 Å². The van der Waals surface area contributed by atoms with Crippen LogP contribution in [0.1, 0.15) is 31.9 Å². The van der Waals surface area contributed by atoms with E-state index in [1.807, 2.05) is 0 Å². The summed E-state index contributed by atoms with van der Waals surface area (Å²) in [5.74, 6) is 0.179. The SMILES string of the molecule is CCC(C)[C@@H](O)[C@@H](N)c1ccc2ccc3cccc4ccc1c2c34.Cl. The molecule has 0 fully saturated rings. The van der Waals surface area contributed by atoms with Crippen LogP contribution in [0, 0.1) is 5.92 Å². The Morgan fingerprint density at radius 1 is 0.880 bits per heavy atom. The summed E-state index contributed by atoms with van der Waals surface area (Å²) in [4.78, 5) is 0. The zero-order valence-electron chi connectivity index (χ0n) is 14.6. The van der Waals surface area contributed by atoms with E-state index < -0.39 is 6.10 Å². The predicted octanol–water partition coefficient (Wildman–Crippen LogP) is 5.41. The lowest BCUT2D eigenvalue weighted by molar-refractivity contribution is 0.0884. The Hall–Kier alpha value is -1.87. The summed E-state index contributed by atoms with van der Waals surface area (Å²) in [5, 5.41) is 18.0. The highest BCUT2D eigenvalue weighted by Gasteiger charge is 2.24. The summed E-state index contributed by atoms with van der Waals surface area (Å²) in [6.45, 7) is 4.14. The van der Waals surface area contributed by atoms with Gasteiger partial charge in [0.25, 0.3) is 0 Å². The van der Waals surface area contributed by atoms with E-state index in [1.165, 1.54) is 26.9 Å². The third-order valence-electron chi connectivity index (χ3n) is 5.52. The Balaban J connectivity index is 0.00000182. The fraction of sp³-hybridized carbons (Fsp3) is 0.273. The molecule has 0 saturated heterocycles. The molecule has 0 radical (unpaired) electrons. The number of hydrogen-bond donors (Lipinski definition) is 2. The van der Waals surface area contributed by atoms with Crippen LogP contribution in [0.15, 0.2) is 54.6 Å². The third kappa shape index (κ3) is 2.75. The first kappa shape index (κ1) is 17.9. The zero-order valence-corrected chi connectivity index (χ0v) is 15.4. The van der Waals surface area contributed by atoms with E-state index in [2.05, 4.69) is 68.4 Å². The molecule has 0 aliphatic rings. The molecule has 4 rings (SSSR count). The lowest BCUT2D eigenvalue weighted by atomic mass is 9.86. The molecule has 0 amide bonds. The molecule has 0 bridgehead atoms. The molecule has 3 atom stereocenters. The largest absolute Gasteiger partial charge is 0.391 e. The molecule has 130 valence electrons. The maximum atomic E-state index is 10.6. The number of aliphatic hydroxyl groups excluding tert-OH is 1. The summed E-state index contributed by atoms with van der Waals surface area (Å²) in [5.41, 5.74) is 7.50. The van der Waals surface area contributed by atoms with E-state index in [9.17, 15) is 5.11 Å². The van der Waals surface area contributed by atoms with Gasteiger partial charge in [0.15, 0.2) is 0 Å². The molecule has 0 aliphatic heterocycles. The molecule has 0 aliphatic carbocycles. The first-order chi connectivity index (χ1) is 11.6. The van der Waals surface area contributed by atoms with Crippen molar-refractivity contribution in [1.82, 2.24) is 0 Å². The molecule has 25 heavy (non-hydrogen) atoms. The van der Waals surface area contributed by atoms with Crippen molar-refractivity contribution < 1.29 is 5.11 Å². The maximum Gasteiger partial charge on any atom is 0.0758 e. The number of aliphatic hydroxyl groups is 1. The highest BCUT2D eigenvalue weighted by Crippen LogP contribution is 2.38. The quantitative estimate of drug-likeness (QED) is 0.482. The van der Waals surface area contributed by atoms with E-state index in [0.29, 0.717) is 0 Å². The molecule has 3 N–H and O–H groups in total. The third-order valence-corrected chi connectivity index (χ3v) is 5.52. The van der Waals surface area contributed by atoms with Crippen LogP contribution in [-0.4, -0.2) is 11.2 Å². The van der Waals surface area contributed by atoms with Crippen LogP contribution < -0.4 is 5.73 Å². The summed E-state index contributed by atoms with van der Waals surface area (Å²) in [6, 6.07) is 18.9. The Labute approximate surface area is 154 Å². The van der Waals surface area contributed by atoms with Crippen LogP contribution in [0.3, 0.4) is 0 Å². The van der Waals surface area contributed by atoms with Crippen LogP contribution >= 0.6 is 12.4 Å². The zero-order chi connectivity index (χ0) is 16.8. The van der Waals surface area contributed by atoms with Crippen molar-refractivity contribution in [3.63, 3.8) is 0 Å². The van der Waals surface area contributed by atoms with E-state index in [1.54, 1.807) is 0 Å². The minimum absolute atomic E-state index is 0. The molecule has 0 aromatic heterocycles. The lowest BCUT2D eigenvalue weighted by Crippen LogP contribution is -2.31. The Bertz CT molecular complexity index is 997. The van der Waals surface area contributed by atoms with Gasteiger partial charge in [0.2, 0.25) is 0 Å². The number of nitrogens with two attached hydrogens (primary N) is 1. The van der Waals surface area contributed by atoms with Crippen molar-refractivity contribution in [1.29, 1.82) is 0 Å². The molecule has 2 nitrogen and oxygen atoms in total. The van der Waals surface area contributed by atoms with Gasteiger partial charge >= 0.3 is 0 Å². The maximum absolute atomic E-state index is 10.6. The first-order valence-corrected chi connectivity index (χ1v) is 8.72. The molecule has 0 saturated carbocycles. The van der Waals surface area contributed by atoms with Crippen LogP contribution in [0.2, 0.25) is 0 Å². The number of halogens is 1. The van der Waals surface area contributed by atoms with Crippen molar-refractivity contribution in [3.8, 4) is 0 Å². The molecular formula is C22H24ClNO. The van der Waals surface area contributed by atoms with Crippen molar-refractivity contribution in [2.45, 2.75) is 32.4 Å². The highest BCUT2D eigenvalue weighted by molar-refractivity contribution is 6.23. The van der Waals surface area contributed by atoms with Gasteiger partial charge in [-0.05, 0) is 43.8 Å². The summed E-state index contributed by atoms with van der Waals surface area (Å²) in [7, 11) is 0. The highest BCUT2D eigenvalue weighted by atomic mass is 35.5. The van der Waals surface area contributed by atoms with Gasteiger partial charge in [-0.2, -0.15) is 0 Å². The molecule has 0 heterocycles. The van der Waals surface area contributed by atoms with E-state index >= 15 is 0 Å². The second-order valence-electron chi connectivity index (χ2n) is 6.91. The molecule has 4 aromatic carbocycles. The van der Waals surface area contributed by atoms with E-state index in [0.717, 1.165) is 17.4 Å². The van der Waals surface area contributed by atoms with Gasteiger partial charge in [-0.1, -0.05) is 74.9 Å². The van der Waals surface area contributed by atoms with Gasteiger partial charge in [-0.15, -0.1) is 12.4 Å². The topological polar surface area (TPSA) is 46.2 Å². The predicted molar refractivity (Wildman–Crippen MR) is 110 cm³/mol. The van der Waals surface area contributed by atoms with Gasteiger partial charge in [-0.3, -0.25) is 0 Å². The minimum Gasteiger partial charge on any atom is -0.391 e. The summed E-state index contributed by atoms with van der Waals surface area (Å²) >= 11 is 0. The average molecular weight is 354 g/mol. The second kappa shape index (κ2) is 6.80. The normalized spacial score (nSPS) is 15.4. The number of benzene rings is 4. The van der Waals surface area contributed by atoms with Gasteiger partial charge in [0.05, 0.1) is 12.1 Å². The van der Waals surface area contributed by atoms with Crippen LogP contribution in [0.4, 0.5) is 0 Å². The molecular weight excluding hydrogens is 330 g/mol. The molecule has 3 heteroatoms. The first-order valence-electron chi connectivity index (χ1n) is 8.72. The van der Waals surface area contributed by atoms with E-state index in [-0.39, 0.29) is 24.4 Å². The van der Waals surface area contributed by atoms with Crippen LogP contribution in [0.5, 0.6) is 0 Å². The van der Waals surface area contributed by atoms with Gasteiger partial charge in [-0.25, -0.2) is 0 Å². The fourth-order valence-corrected chi connectivity index (χ4v) is 3.83. The van der Waals surface area contributed by atoms with Gasteiger partial charge < -0.3 is 10.8 Å². The van der Waals surface area contributed by atoms with Crippen LogP contribution in [-0.2, 0) is 0 Å². The number of rotatable bonds is 4. The van der Waals surface area contributed by atoms with Gasteiger partial charge in [0, 0.05) is 0 Å². The number of hydrogen-bond acceptors (Lipinski definition) is 2. The minimum atomic E-state index is -0.534. The van der Waals surface area contributed by atoms with Crippen molar-refractivity contribution in [3.05, 3.63) is 60.2 Å². The van der Waals surface area contributed by atoms with Crippen LogP contribution in [0.25, 0.3) is 32.3 Å². The fourth-order valence-electron chi connectivity index (χ4n) is 3.83. The monoisotopic (exact) mass is 353 g/mol. The second-order valence-corrected chi connectivity index (χ2v) is 6.91. The molecule has 4 aromatic rings. The standard InChI is InChI=1S/C22H23NO.ClH/c1-3-13(2)22(24)21(23)18-12-10-16-8-7-14-5-4-6-15-9-11-17(18)20(16)19(14)15;/h4-13,21-22,24H,3,23H2,1-2H3;1H/t13?,21-,22+;/m0./s1.